The Morgan fingerprint density at radius 3 is 1.29 bits per heavy atom. The molecule has 0 aliphatic rings. The zero-order valence-electron chi connectivity index (χ0n) is 37.0. The normalized spacial score (nSPS) is 11.5. The van der Waals surface area contributed by atoms with Crippen LogP contribution in [0.15, 0.2) is 249 Å². The first-order valence-electron chi connectivity index (χ1n) is 23.2. The first kappa shape index (κ1) is 39.3. The fourth-order valence-electron chi connectivity index (χ4n) is 10.1. The van der Waals surface area contributed by atoms with Gasteiger partial charge in [0.15, 0.2) is 17.5 Å². The third-order valence-electron chi connectivity index (χ3n) is 13.5. The molecule has 0 radical (unpaired) electrons. The van der Waals surface area contributed by atoms with Gasteiger partial charge in [-0.1, -0.05) is 224 Å². The molecule has 316 valence electrons. The first-order chi connectivity index (χ1) is 33.7. The molecule has 0 spiro atoms. The second-order valence-corrected chi connectivity index (χ2v) is 17.6. The van der Waals surface area contributed by atoms with Crippen LogP contribution in [0.3, 0.4) is 0 Å². The Kier molecular flexibility index (Phi) is 9.50. The van der Waals surface area contributed by atoms with Gasteiger partial charge in [0.25, 0.3) is 0 Å². The van der Waals surface area contributed by atoms with Crippen molar-refractivity contribution in [2.24, 2.45) is 0 Å². The van der Waals surface area contributed by atoms with Crippen LogP contribution in [-0.2, 0) is 0 Å². The number of fused-ring (bicyclic) bond motifs is 6. The summed E-state index contributed by atoms with van der Waals surface area (Å²) in [6.45, 7) is 0. The quantitative estimate of drug-likeness (QED) is 0.150. The second kappa shape index (κ2) is 16.4. The van der Waals surface area contributed by atoms with Crippen molar-refractivity contribution in [3.63, 3.8) is 0 Å². The van der Waals surface area contributed by atoms with Crippen LogP contribution in [0.2, 0.25) is 0 Å². The van der Waals surface area contributed by atoms with Gasteiger partial charge in [-0.15, -0.1) is 0 Å². The van der Waals surface area contributed by atoms with Crippen molar-refractivity contribution >= 4 is 53.9 Å². The lowest BCUT2D eigenvalue weighted by Crippen LogP contribution is -2.00. The van der Waals surface area contributed by atoms with Crippen molar-refractivity contribution in [2.45, 2.75) is 0 Å². The number of hydrogen-bond donors (Lipinski definition) is 0. The summed E-state index contributed by atoms with van der Waals surface area (Å²) in [5.41, 5.74) is 12.1. The van der Waals surface area contributed by atoms with Gasteiger partial charge in [0.1, 0.15) is 0 Å². The molecule has 12 aromatic carbocycles. The molecule has 1 aromatic heterocycles. The molecule has 0 N–H and O–H groups in total. The summed E-state index contributed by atoms with van der Waals surface area (Å²) in [5.74, 6) is 1.86. The minimum atomic E-state index is 0.618. The van der Waals surface area contributed by atoms with E-state index in [-0.39, 0.29) is 0 Å². The van der Waals surface area contributed by atoms with Crippen molar-refractivity contribution < 1.29 is 0 Å². The van der Waals surface area contributed by atoms with E-state index in [1.54, 1.807) is 0 Å². The lowest BCUT2D eigenvalue weighted by molar-refractivity contribution is 1.07. The van der Waals surface area contributed by atoms with Crippen LogP contribution in [-0.4, -0.2) is 15.0 Å². The summed E-state index contributed by atoms with van der Waals surface area (Å²) in [7, 11) is 0. The van der Waals surface area contributed by atoms with Gasteiger partial charge in [0.05, 0.1) is 0 Å². The molecule has 0 unspecified atom stereocenters. The largest absolute Gasteiger partial charge is 0.208 e. The van der Waals surface area contributed by atoms with Crippen LogP contribution in [0.25, 0.3) is 133 Å². The maximum atomic E-state index is 5.28. The highest BCUT2D eigenvalue weighted by Gasteiger charge is 2.17. The maximum Gasteiger partial charge on any atom is 0.164 e. The minimum absolute atomic E-state index is 0.618. The first-order valence-corrected chi connectivity index (χ1v) is 23.2. The van der Waals surface area contributed by atoms with E-state index in [4.69, 9.17) is 15.0 Å². The highest BCUT2D eigenvalue weighted by atomic mass is 15.0. The van der Waals surface area contributed by atoms with Crippen LogP contribution in [0, 0.1) is 0 Å². The average molecular weight is 864 g/mol. The molecular weight excluding hydrogens is 823 g/mol. The van der Waals surface area contributed by atoms with E-state index in [0.29, 0.717) is 17.5 Å². The fourth-order valence-corrected chi connectivity index (χ4v) is 10.1. The Balaban J connectivity index is 0.934. The number of benzene rings is 12. The van der Waals surface area contributed by atoms with Gasteiger partial charge in [0.2, 0.25) is 0 Å². The van der Waals surface area contributed by atoms with Gasteiger partial charge in [-0.3, -0.25) is 0 Å². The zero-order chi connectivity index (χ0) is 45.0. The average Bonchev–Trinajstić information content (AvgIpc) is 3.42. The molecule has 0 saturated heterocycles. The molecule has 0 amide bonds. The van der Waals surface area contributed by atoms with Crippen molar-refractivity contribution in [1.29, 1.82) is 0 Å². The third-order valence-corrected chi connectivity index (χ3v) is 13.5. The molecule has 0 atom stereocenters. The fraction of sp³-hybridized carbons (Fsp3) is 0. The second-order valence-electron chi connectivity index (χ2n) is 17.6. The highest BCUT2D eigenvalue weighted by Crippen LogP contribution is 2.39. The van der Waals surface area contributed by atoms with E-state index in [1.807, 2.05) is 0 Å². The van der Waals surface area contributed by atoms with Crippen LogP contribution < -0.4 is 0 Å². The van der Waals surface area contributed by atoms with Crippen molar-refractivity contribution in [3.05, 3.63) is 249 Å². The van der Waals surface area contributed by atoms with Crippen LogP contribution >= 0.6 is 0 Å². The topological polar surface area (TPSA) is 38.7 Å². The molecule has 1 heterocycles. The molecule has 13 rings (SSSR count). The maximum absolute atomic E-state index is 5.28. The van der Waals surface area contributed by atoms with Gasteiger partial charge in [0, 0.05) is 16.7 Å². The molecule has 0 fully saturated rings. The van der Waals surface area contributed by atoms with Crippen molar-refractivity contribution in [3.8, 4) is 78.7 Å². The van der Waals surface area contributed by atoms with E-state index < -0.39 is 0 Å². The summed E-state index contributed by atoms with van der Waals surface area (Å²) < 4.78 is 0. The molecular formula is C65H41N3. The Labute approximate surface area is 394 Å². The van der Waals surface area contributed by atoms with E-state index in [0.717, 1.165) is 38.8 Å². The molecule has 3 nitrogen and oxygen atoms in total. The Morgan fingerprint density at radius 2 is 0.603 bits per heavy atom. The predicted molar refractivity (Wildman–Crippen MR) is 285 cm³/mol. The summed E-state index contributed by atoms with van der Waals surface area (Å²) in [6.07, 6.45) is 0. The lowest BCUT2D eigenvalue weighted by Gasteiger charge is -2.13. The SMILES string of the molecule is c1cc(-c2ccc(-c3cccc4ccccc34)cc2)cc(-c2nc(-c3cccc(-c4cccc5ccccc45)c3)nc(-c3ccc4c(ccc5cccc(-c6ccc7ccccc7c6)c54)c3)n2)c1. The van der Waals surface area contributed by atoms with Crippen LogP contribution in [0.4, 0.5) is 0 Å². The van der Waals surface area contributed by atoms with Gasteiger partial charge in [-0.2, -0.15) is 0 Å². The molecule has 3 heteroatoms. The van der Waals surface area contributed by atoms with Crippen molar-refractivity contribution in [2.75, 3.05) is 0 Å². The summed E-state index contributed by atoms with van der Waals surface area (Å²) >= 11 is 0. The predicted octanol–water partition coefficient (Wildman–Crippen LogP) is 17.3. The van der Waals surface area contributed by atoms with Crippen molar-refractivity contribution in [1.82, 2.24) is 15.0 Å². The Bertz CT molecular complexity index is 4080. The summed E-state index contributed by atoms with van der Waals surface area (Å²) in [6, 6.07) is 89.1. The standard InChI is InChI=1S/C65H41N3/c1-2-15-48-38-51(34-30-42(48)12-1)60-27-11-18-47-33-35-52-41-55(36-37-61(52)62(47)60)65-67-63(66-64(68-65)54-22-8-20-50(40-54)59-26-10-17-45-14-4-6-24-57(45)59)53-21-7-19-49(39-53)43-28-31-46(32-29-43)58-25-9-16-44-13-3-5-23-56(44)58/h1-41H. The third kappa shape index (κ3) is 7.06. The lowest BCUT2D eigenvalue weighted by atomic mass is 9.92. The van der Waals surface area contributed by atoms with Gasteiger partial charge in [-0.05, 0) is 123 Å². The monoisotopic (exact) mass is 863 g/mol. The zero-order valence-corrected chi connectivity index (χ0v) is 37.0. The van der Waals surface area contributed by atoms with Crippen LogP contribution in [0.1, 0.15) is 0 Å². The number of hydrogen-bond acceptors (Lipinski definition) is 3. The highest BCUT2D eigenvalue weighted by molar-refractivity contribution is 6.15. The van der Waals surface area contributed by atoms with Gasteiger partial charge < -0.3 is 0 Å². The van der Waals surface area contributed by atoms with E-state index in [1.165, 1.54) is 76.3 Å². The summed E-state index contributed by atoms with van der Waals surface area (Å²) in [4.78, 5) is 15.8. The van der Waals surface area contributed by atoms with E-state index in [9.17, 15) is 0 Å². The van der Waals surface area contributed by atoms with Gasteiger partial charge >= 0.3 is 0 Å². The van der Waals surface area contributed by atoms with E-state index in [2.05, 4.69) is 249 Å². The molecule has 0 saturated carbocycles. The van der Waals surface area contributed by atoms with Crippen LogP contribution in [0.5, 0.6) is 0 Å². The van der Waals surface area contributed by atoms with E-state index >= 15 is 0 Å². The molecule has 68 heavy (non-hydrogen) atoms. The number of rotatable bonds is 7. The molecule has 0 aliphatic carbocycles. The number of aromatic nitrogens is 3. The Morgan fingerprint density at radius 1 is 0.191 bits per heavy atom. The number of nitrogens with zero attached hydrogens (tertiary/aromatic N) is 3. The molecule has 13 aromatic rings. The molecule has 0 bridgehead atoms. The van der Waals surface area contributed by atoms with Gasteiger partial charge in [-0.25, -0.2) is 15.0 Å². The Hall–Kier alpha value is -9.05. The molecule has 0 aliphatic heterocycles. The smallest absolute Gasteiger partial charge is 0.164 e. The minimum Gasteiger partial charge on any atom is -0.208 e. The summed E-state index contributed by atoms with van der Waals surface area (Å²) in [5, 5.41) is 12.1.